The van der Waals surface area contributed by atoms with Gasteiger partial charge in [-0.3, -0.25) is 4.79 Å². The van der Waals surface area contributed by atoms with Crippen LogP contribution in [0.1, 0.15) is 43.6 Å². The van der Waals surface area contributed by atoms with Gasteiger partial charge in [0.2, 0.25) is 10.0 Å². The molecule has 1 aromatic rings. The van der Waals surface area contributed by atoms with Gasteiger partial charge in [0.05, 0.1) is 4.90 Å². The van der Waals surface area contributed by atoms with E-state index in [1.807, 2.05) is 27.7 Å². The van der Waals surface area contributed by atoms with E-state index in [-0.39, 0.29) is 27.8 Å². The minimum atomic E-state index is -3.90. The maximum atomic E-state index is 12.3. The molecule has 1 atom stereocenters. The zero-order valence-electron chi connectivity index (χ0n) is 12.8. The molecule has 1 aromatic carbocycles. The van der Waals surface area contributed by atoms with Crippen molar-refractivity contribution in [1.29, 1.82) is 0 Å². The Kier molecular flexibility index (Phi) is 5.23. The molecule has 0 saturated heterocycles. The van der Waals surface area contributed by atoms with Crippen LogP contribution in [0.3, 0.4) is 0 Å². The summed E-state index contributed by atoms with van der Waals surface area (Å²) < 4.78 is 23.5. The van der Waals surface area contributed by atoms with Crippen molar-refractivity contribution >= 4 is 31.9 Å². The van der Waals surface area contributed by atoms with Crippen molar-refractivity contribution in [2.75, 3.05) is 0 Å². The Morgan fingerprint density at radius 1 is 1.33 bits per heavy atom. The summed E-state index contributed by atoms with van der Waals surface area (Å²) in [5.74, 6) is -0.321. The lowest BCUT2D eigenvalue weighted by atomic mass is 9.88. The molecule has 0 fully saturated rings. The number of benzene rings is 1. The van der Waals surface area contributed by atoms with E-state index in [0.717, 1.165) is 0 Å². The lowest BCUT2D eigenvalue weighted by Crippen LogP contribution is -2.41. The second kappa shape index (κ2) is 6.06. The number of primary sulfonamides is 1. The van der Waals surface area contributed by atoms with Gasteiger partial charge in [-0.15, -0.1) is 0 Å². The molecule has 1 unspecified atom stereocenters. The van der Waals surface area contributed by atoms with Gasteiger partial charge in [0.15, 0.2) is 0 Å². The van der Waals surface area contributed by atoms with Gasteiger partial charge in [-0.25, -0.2) is 13.6 Å². The highest BCUT2D eigenvalue weighted by Crippen LogP contribution is 2.27. The summed E-state index contributed by atoms with van der Waals surface area (Å²) in [7, 11) is -3.90. The molecule has 3 N–H and O–H groups in total. The largest absolute Gasteiger partial charge is 0.349 e. The molecule has 0 saturated carbocycles. The van der Waals surface area contributed by atoms with Crippen LogP contribution in [-0.4, -0.2) is 20.4 Å². The summed E-state index contributed by atoms with van der Waals surface area (Å²) in [6.45, 7) is 9.66. The Balaban J connectivity index is 3.21. The first kappa shape index (κ1) is 18.1. The fraction of sp³-hybridized carbons (Fsp3) is 0.500. The Morgan fingerprint density at radius 2 is 1.86 bits per heavy atom. The molecule has 0 spiro atoms. The molecule has 1 rings (SSSR count). The molecular weight excluding hydrogens is 356 g/mol. The first-order chi connectivity index (χ1) is 9.34. The van der Waals surface area contributed by atoms with Crippen LogP contribution in [0.2, 0.25) is 0 Å². The van der Waals surface area contributed by atoms with Crippen LogP contribution >= 0.6 is 15.9 Å². The van der Waals surface area contributed by atoms with Crippen LogP contribution < -0.4 is 10.5 Å². The van der Waals surface area contributed by atoms with Crippen LogP contribution in [-0.2, 0) is 10.0 Å². The summed E-state index contributed by atoms with van der Waals surface area (Å²) in [5.41, 5.74) is 0.814. The molecule has 7 heteroatoms. The molecule has 1 amide bonds. The van der Waals surface area contributed by atoms with Crippen molar-refractivity contribution < 1.29 is 13.2 Å². The van der Waals surface area contributed by atoms with Crippen molar-refractivity contribution in [2.45, 2.75) is 45.6 Å². The predicted molar refractivity (Wildman–Crippen MR) is 86.6 cm³/mol. The zero-order chi connectivity index (χ0) is 16.6. The number of carbonyl (C=O) groups is 1. The minimum Gasteiger partial charge on any atom is -0.349 e. The molecule has 0 heterocycles. The third-order valence-electron chi connectivity index (χ3n) is 3.44. The maximum absolute atomic E-state index is 12.3. The summed E-state index contributed by atoms with van der Waals surface area (Å²) in [6, 6.07) is 2.85. The third-order valence-corrected chi connectivity index (χ3v) is 5.69. The maximum Gasteiger partial charge on any atom is 0.251 e. The zero-order valence-corrected chi connectivity index (χ0v) is 15.2. The van der Waals surface area contributed by atoms with Crippen molar-refractivity contribution in [1.82, 2.24) is 5.32 Å². The van der Waals surface area contributed by atoms with Gasteiger partial charge >= 0.3 is 0 Å². The Bertz CT molecular complexity index is 664. The van der Waals surface area contributed by atoms with Gasteiger partial charge in [-0.2, -0.15) is 0 Å². The minimum absolute atomic E-state index is 0.0631. The third kappa shape index (κ3) is 4.52. The highest BCUT2D eigenvalue weighted by Gasteiger charge is 2.24. The second-order valence-corrected chi connectivity index (χ2v) is 8.53. The average molecular weight is 377 g/mol. The first-order valence-corrected chi connectivity index (χ1v) is 8.81. The lowest BCUT2D eigenvalue weighted by molar-refractivity contribution is 0.0910. The topological polar surface area (TPSA) is 89.3 Å². The number of hydrogen-bond acceptors (Lipinski definition) is 3. The lowest BCUT2D eigenvalue weighted by Gasteiger charge is -2.28. The van der Waals surface area contributed by atoms with E-state index in [2.05, 4.69) is 21.2 Å². The number of aryl methyl sites for hydroxylation is 1. The highest BCUT2D eigenvalue weighted by atomic mass is 79.9. The monoisotopic (exact) mass is 376 g/mol. The van der Waals surface area contributed by atoms with Crippen molar-refractivity contribution in [2.24, 2.45) is 10.6 Å². The molecule has 0 aliphatic heterocycles. The normalized spacial score (nSPS) is 13.9. The van der Waals surface area contributed by atoms with Crippen LogP contribution in [0.25, 0.3) is 0 Å². The first-order valence-electron chi connectivity index (χ1n) is 6.48. The van der Waals surface area contributed by atoms with Gasteiger partial charge in [0, 0.05) is 16.1 Å². The van der Waals surface area contributed by atoms with Gasteiger partial charge in [0.25, 0.3) is 5.91 Å². The number of halogens is 1. The molecule has 5 nitrogen and oxygen atoms in total. The molecule has 21 heavy (non-hydrogen) atoms. The van der Waals surface area contributed by atoms with E-state index >= 15 is 0 Å². The standard InChI is InChI=1S/C14H21BrN2O3S/c1-8-6-10(7-11(12(8)15)21(16,19)20)13(18)17-9(2)14(3,4)5/h6-7,9H,1-5H3,(H,17,18)(H2,16,19,20). The van der Waals surface area contributed by atoms with Gasteiger partial charge in [0.1, 0.15) is 0 Å². The second-order valence-electron chi connectivity index (χ2n) is 6.21. The van der Waals surface area contributed by atoms with E-state index in [4.69, 9.17) is 5.14 Å². The number of carbonyl (C=O) groups excluding carboxylic acids is 1. The van der Waals surface area contributed by atoms with Crippen molar-refractivity contribution in [3.63, 3.8) is 0 Å². The predicted octanol–water partition coefficient (Wildman–Crippen LogP) is 2.57. The van der Waals surface area contributed by atoms with E-state index in [1.165, 1.54) is 6.07 Å². The van der Waals surface area contributed by atoms with Crippen LogP contribution in [0.5, 0.6) is 0 Å². The van der Waals surface area contributed by atoms with E-state index in [1.54, 1.807) is 13.0 Å². The number of sulfonamides is 1. The fourth-order valence-corrected chi connectivity index (χ4v) is 3.18. The molecule has 0 aliphatic carbocycles. The number of amides is 1. The number of hydrogen-bond donors (Lipinski definition) is 2. The molecular formula is C14H21BrN2O3S. The van der Waals surface area contributed by atoms with Gasteiger partial charge < -0.3 is 5.32 Å². The molecule has 0 radical (unpaired) electrons. The van der Waals surface area contributed by atoms with Crippen LogP contribution in [0.15, 0.2) is 21.5 Å². The summed E-state index contributed by atoms with van der Waals surface area (Å²) in [5, 5.41) is 8.05. The smallest absolute Gasteiger partial charge is 0.251 e. The number of rotatable bonds is 3. The van der Waals surface area contributed by atoms with E-state index in [0.29, 0.717) is 10.0 Å². The van der Waals surface area contributed by atoms with E-state index in [9.17, 15) is 13.2 Å². The van der Waals surface area contributed by atoms with Crippen LogP contribution in [0, 0.1) is 12.3 Å². The Hall–Kier alpha value is -0.920. The number of nitrogens with one attached hydrogen (secondary N) is 1. The quantitative estimate of drug-likeness (QED) is 0.849. The van der Waals surface area contributed by atoms with Gasteiger partial charge in [-0.1, -0.05) is 20.8 Å². The molecule has 0 bridgehead atoms. The fourth-order valence-electron chi connectivity index (χ4n) is 1.57. The average Bonchev–Trinajstić information content (AvgIpc) is 2.29. The highest BCUT2D eigenvalue weighted by molar-refractivity contribution is 9.10. The summed E-state index contributed by atoms with van der Waals surface area (Å²) >= 11 is 3.19. The summed E-state index contributed by atoms with van der Waals surface area (Å²) in [6.07, 6.45) is 0. The Morgan fingerprint density at radius 3 is 2.29 bits per heavy atom. The van der Waals surface area contributed by atoms with Gasteiger partial charge in [-0.05, 0) is 52.9 Å². The molecule has 118 valence electrons. The van der Waals surface area contributed by atoms with Crippen molar-refractivity contribution in [3.8, 4) is 0 Å². The van der Waals surface area contributed by atoms with E-state index < -0.39 is 10.0 Å². The van der Waals surface area contributed by atoms with Crippen molar-refractivity contribution in [3.05, 3.63) is 27.7 Å². The SMILES string of the molecule is Cc1cc(C(=O)NC(C)C(C)(C)C)cc(S(N)(=O)=O)c1Br. The number of nitrogens with two attached hydrogens (primary N) is 1. The molecule has 0 aliphatic rings. The summed E-state index contributed by atoms with van der Waals surface area (Å²) in [4.78, 5) is 12.2. The molecule has 0 aromatic heterocycles. The Labute approximate surface area is 134 Å². The van der Waals surface area contributed by atoms with Crippen LogP contribution in [0.4, 0.5) is 0 Å².